The largest absolute Gasteiger partial charge is 0.391 e. The van der Waals surface area contributed by atoms with Gasteiger partial charge in [0.2, 0.25) is 5.91 Å². The summed E-state index contributed by atoms with van der Waals surface area (Å²) in [5, 5.41) is 13.9. The van der Waals surface area contributed by atoms with Crippen molar-refractivity contribution in [3.63, 3.8) is 0 Å². The summed E-state index contributed by atoms with van der Waals surface area (Å²) in [4.78, 5) is 14.3. The van der Waals surface area contributed by atoms with Crippen molar-refractivity contribution in [2.24, 2.45) is 0 Å². The van der Waals surface area contributed by atoms with E-state index in [2.05, 4.69) is 5.16 Å². The molecule has 0 bridgehead atoms. The van der Waals surface area contributed by atoms with Gasteiger partial charge in [-0.15, -0.1) is 0 Å². The Hall–Kier alpha value is -2.21. The molecule has 1 N–H and O–H groups in total. The Bertz CT molecular complexity index is 707. The number of amides is 1. The van der Waals surface area contributed by atoms with Crippen LogP contribution >= 0.6 is 0 Å². The second-order valence-electron chi connectivity index (χ2n) is 6.31. The number of β-amino-alcohol motifs (C(OH)–C–C–N with tert-alkyl or cyclic N) is 1. The van der Waals surface area contributed by atoms with E-state index in [1.54, 1.807) is 17.0 Å². The maximum atomic E-state index is 13.1. The lowest BCUT2D eigenvalue weighted by molar-refractivity contribution is -0.132. The molecule has 3 rings (SSSR count). The summed E-state index contributed by atoms with van der Waals surface area (Å²) in [6.45, 7) is 4.00. The fraction of sp³-hybridized carbons (Fsp3) is 0.444. The van der Waals surface area contributed by atoms with Crippen molar-refractivity contribution >= 4 is 5.91 Å². The van der Waals surface area contributed by atoms with Gasteiger partial charge in [-0.2, -0.15) is 0 Å². The van der Waals surface area contributed by atoms with E-state index in [0.29, 0.717) is 25.8 Å². The number of likely N-dealkylation sites (tertiary alicyclic amines) is 1. The van der Waals surface area contributed by atoms with E-state index >= 15 is 0 Å². The first-order valence-electron chi connectivity index (χ1n) is 8.10. The van der Waals surface area contributed by atoms with Gasteiger partial charge >= 0.3 is 0 Å². The lowest BCUT2D eigenvalue weighted by Crippen LogP contribution is -2.32. The third kappa shape index (κ3) is 3.33. The van der Waals surface area contributed by atoms with Gasteiger partial charge in [0.25, 0.3) is 0 Å². The van der Waals surface area contributed by atoms with E-state index in [4.69, 9.17) is 4.52 Å². The molecule has 1 fully saturated rings. The number of aliphatic hydroxyl groups is 1. The molecule has 0 aliphatic carbocycles. The van der Waals surface area contributed by atoms with Gasteiger partial charge in [-0.05, 0) is 44.4 Å². The molecule has 24 heavy (non-hydrogen) atoms. The van der Waals surface area contributed by atoms with Crippen LogP contribution in [0.25, 0.3) is 0 Å². The highest BCUT2D eigenvalue weighted by atomic mass is 19.1. The minimum atomic E-state index is -0.553. The van der Waals surface area contributed by atoms with Crippen molar-refractivity contribution in [2.75, 3.05) is 6.54 Å². The van der Waals surface area contributed by atoms with Gasteiger partial charge in [-0.25, -0.2) is 4.39 Å². The zero-order valence-corrected chi connectivity index (χ0v) is 13.8. The molecule has 1 amide bonds. The van der Waals surface area contributed by atoms with Crippen LogP contribution in [0.2, 0.25) is 0 Å². The molecule has 1 aliphatic rings. The number of benzene rings is 1. The van der Waals surface area contributed by atoms with Crippen LogP contribution in [0.1, 0.15) is 41.5 Å². The standard InChI is InChI=1S/C18H21FN2O3/c1-11-16(12(2)24-20-11)7-8-18(23)21-10-15(22)9-17(21)13-3-5-14(19)6-4-13/h3-6,15,17,22H,7-10H2,1-2H3/t15-,17+/m0/s1. The Balaban J connectivity index is 1.71. The van der Waals surface area contributed by atoms with Gasteiger partial charge in [-0.3, -0.25) is 4.79 Å². The van der Waals surface area contributed by atoms with Crippen LogP contribution in [0, 0.1) is 19.7 Å². The van der Waals surface area contributed by atoms with Gasteiger partial charge in [-0.1, -0.05) is 17.3 Å². The second kappa shape index (κ2) is 6.73. The van der Waals surface area contributed by atoms with Gasteiger partial charge in [0.15, 0.2) is 0 Å². The molecule has 6 heteroatoms. The Morgan fingerprint density at radius 2 is 2.08 bits per heavy atom. The number of carbonyl (C=O) groups excluding carboxylic acids is 1. The molecule has 5 nitrogen and oxygen atoms in total. The normalized spacial score (nSPS) is 20.6. The summed E-state index contributed by atoms with van der Waals surface area (Å²) in [7, 11) is 0. The summed E-state index contributed by atoms with van der Waals surface area (Å²) in [6.07, 6.45) is 0.807. The fourth-order valence-corrected chi connectivity index (χ4v) is 3.32. The molecular formula is C18H21FN2O3. The zero-order valence-electron chi connectivity index (χ0n) is 13.8. The fourth-order valence-electron chi connectivity index (χ4n) is 3.32. The van der Waals surface area contributed by atoms with Crippen LogP contribution in [0.15, 0.2) is 28.8 Å². The molecule has 2 heterocycles. The van der Waals surface area contributed by atoms with Crippen molar-refractivity contribution in [1.29, 1.82) is 0 Å². The molecule has 1 aromatic carbocycles. The van der Waals surface area contributed by atoms with E-state index in [9.17, 15) is 14.3 Å². The van der Waals surface area contributed by atoms with Crippen LogP contribution in [0.3, 0.4) is 0 Å². The predicted molar refractivity (Wildman–Crippen MR) is 85.8 cm³/mol. The van der Waals surface area contributed by atoms with Crippen LogP contribution in [-0.4, -0.2) is 33.7 Å². The lowest BCUT2D eigenvalue weighted by atomic mass is 10.0. The third-order valence-electron chi connectivity index (χ3n) is 4.62. The van der Waals surface area contributed by atoms with Gasteiger partial charge < -0.3 is 14.5 Å². The summed E-state index contributed by atoms with van der Waals surface area (Å²) in [5.74, 6) is 0.395. The van der Waals surface area contributed by atoms with E-state index in [0.717, 1.165) is 22.6 Å². The number of nitrogens with zero attached hydrogens (tertiary/aromatic N) is 2. The number of aliphatic hydroxyl groups excluding tert-OH is 1. The first kappa shape index (κ1) is 16.6. The lowest BCUT2D eigenvalue weighted by Gasteiger charge is -2.25. The smallest absolute Gasteiger partial charge is 0.223 e. The first-order valence-corrected chi connectivity index (χ1v) is 8.10. The Kier molecular flexibility index (Phi) is 4.66. The minimum Gasteiger partial charge on any atom is -0.391 e. The topological polar surface area (TPSA) is 66.6 Å². The number of rotatable bonds is 4. The number of hydrogen-bond donors (Lipinski definition) is 1. The molecule has 1 aromatic heterocycles. The summed E-state index contributed by atoms with van der Waals surface area (Å²) >= 11 is 0. The highest BCUT2D eigenvalue weighted by Crippen LogP contribution is 2.33. The Labute approximate surface area is 140 Å². The molecule has 1 saturated heterocycles. The van der Waals surface area contributed by atoms with E-state index in [-0.39, 0.29) is 17.8 Å². The minimum absolute atomic E-state index is 0.0270. The molecule has 0 spiro atoms. The number of carbonyl (C=O) groups is 1. The Morgan fingerprint density at radius 1 is 1.38 bits per heavy atom. The molecule has 0 radical (unpaired) electrons. The molecule has 0 unspecified atom stereocenters. The van der Waals surface area contributed by atoms with Crippen LogP contribution < -0.4 is 0 Å². The number of halogens is 1. The molecule has 1 aliphatic heterocycles. The van der Waals surface area contributed by atoms with Crippen LogP contribution in [0.4, 0.5) is 4.39 Å². The van der Waals surface area contributed by atoms with Gasteiger partial charge in [0.1, 0.15) is 11.6 Å². The maximum Gasteiger partial charge on any atom is 0.223 e. The summed E-state index contributed by atoms with van der Waals surface area (Å²) in [6, 6.07) is 5.90. The van der Waals surface area contributed by atoms with E-state index < -0.39 is 6.10 Å². The molecule has 128 valence electrons. The molecule has 0 saturated carbocycles. The first-order chi connectivity index (χ1) is 11.5. The number of aromatic nitrogens is 1. The van der Waals surface area contributed by atoms with Crippen molar-refractivity contribution in [3.8, 4) is 0 Å². The third-order valence-corrected chi connectivity index (χ3v) is 4.62. The van der Waals surface area contributed by atoms with Crippen molar-refractivity contribution in [3.05, 3.63) is 52.7 Å². The average molecular weight is 332 g/mol. The van der Waals surface area contributed by atoms with E-state index in [1.165, 1.54) is 12.1 Å². The highest BCUT2D eigenvalue weighted by molar-refractivity contribution is 5.77. The second-order valence-corrected chi connectivity index (χ2v) is 6.31. The van der Waals surface area contributed by atoms with Gasteiger partial charge in [0.05, 0.1) is 17.8 Å². The predicted octanol–water partition coefficient (Wildman–Crippen LogP) is 2.70. The summed E-state index contributed by atoms with van der Waals surface area (Å²) < 4.78 is 18.2. The average Bonchev–Trinajstić information content (AvgIpc) is 3.09. The van der Waals surface area contributed by atoms with Crippen molar-refractivity contribution in [2.45, 2.75) is 45.3 Å². The van der Waals surface area contributed by atoms with Crippen molar-refractivity contribution in [1.82, 2.24) is 10.1 Å². The Morgan fingerprint density at radius 3 is 2.71 bits per heavy atom. The maximum absolute atomic E-state index is 13.1. The SMILES string of the molecule is Cc1noc(C)c1CCC(=O)N1C[C@@H](O)C[C@@H]1c1ccc(F)cc1. The van der Waals surface area contributed by atoms with Crippen LogP contribution in [0.5, 0.6) is 0 Å². The quantitative estimate of drug-likeness (QED) is 0.935. The van der Waals surface area contributed by atoms with E-state index in [1.807, 2.05) is 13.8 Å². The molecule has 2 atom stereocenters. The number of aryl methyl sites for hydroxylation is 2. The molecule has 2 aromatic rings. The van der Waals surface area contributed by atoms with Gasteiger partial charge in [0, 0.05) is 18.5 Å². The van der Waals surface area contributed by atoms with Crippen molar-refractivity contribution < 1.29 is 18.8 Å². The monoisotopic (exact) mass is 332 g/mol. The number of hydrogen-bond acceptors (Lipinski definition) is 4. The molecular weight excluding hydrogens is 311 g/mol. The van der Waals surface area contributed by atoms with Crippen LogP contribution in [-0.2, 0) is 11.2 Å². The zero-order chi connectivity index (χ0) is 17.3. The summed E-state index contributed by atoms with van der Waals surface area (Å²) in [5.41, 5.74) is 2.61. The highest BCUT2D eigenvalue weighted by Gasteiger charge is 2.35.